The van der Waals surface area contributed by atoms with Gasteiger partial charge >= 0.3 is 5.97 Å². The van der Waals surface area contributed by atoms with Crippen LogP contribution < -0.4 is 5.73 Å². The third-order valence-electron chi connectivity index (χ3n) is 10.8. The first-order chi connectivity index (χ1) is 13.9. The second-order valence-electron chi connectivity index (χ2n) is 11.9. The SMILES string of the molecule is NC12CC3CC(C1)C1(OCC(COC(=O)C45CC6CC7C(=O)C(C4)C6C75)O1)C3C2. The Morgan fingerprint density at radius 1 is 1.10 bits per heavy atom. The van der Waals surface area contributed by atoms with E-state index in [-0.39, 0.29) is 47.4 Å². The summed E-state index contributed by atoms with van der Waals surface area (Å²) in [5.41, 5.74) is 6.19. The van der Waals surface area contributed by atoms with Crippen molar-refractivity contribution >= 4 is 11.8 Å². The van der Waals surface area contributed by atoms with Crippen LogP contribution in [0.5, 0.6) is 0 Å². The summed E-state index contributed by atoms with van der Waals surface area (Å²) in [4.78, 5) is 25.6. The highest BCUT2D eigenvalue weighted by atomic mass is 16.8. The maximum absolute atomic E-state index is 13.2. The summed E-state index contributed by atoms with van der Waals surface area (Å²) in [6.45, 7) is 0.793. The molecule has 8 aliphatic carbocycles. The molecule has 0 radical (unpaired) electrons. The van der Waals surface area contributed by atoms with E-state index in [1.807, 2.05) is 0 Å². The lowest BCUT2D eigenvalue weighted by Gasteiger charge is -2.44. The van der Waals surface area contributed by atoms with Crippen LogP contribution >= 0.6 is 0 Å². The fourth-order valence-electron chi connectivity index (χ4n) is 10.4. The molecular formula is C23H29NO5. The van der Waals surface area contributed by atoms with E-state index in [1.54, 1.807) is 0 Å². The minimum atomic E-state index is -0.474. The Labute approximate surface area is 170 Å². The average Bonchev–Trinajstić information content (AvgIpc) is 3.51. The van der Waals surface area contributed by atoms with Crippen LogP contribution in [-0.2, 0) is 23.8 Å². The number of esters is 1. The van der Waals surface area contributed by atoms with E-state index < -0.39 is 5.79 Å². The number of Topliss-reactive ketones (excluding diaryl/α,β-unsaturated/α-hetero) is 1. The van der Waals surface area contributed by atoms with Gasteiger partial charge < -0.3 is 19.9 Å². The summed E-state index contributed by atoms with van der Waals surface area (Å²) in [6.07, 6.45) is 6.81. The Kier molecular flexibility index (Phi) is 2.74. The van der Waals surface area contributed by atoms with Gasteiger partial charge in [-0.15, -0.1) is 0 Å². The van der Waals surface area contributed by atoms with Crippen molar-refractivity contribution in [2.75, 3.05) is 13.2 Å². The third-order valence-corrected chi connectivity index (χ3v) is 10.8. The first kappa shape index (κ1) is 16.7. The van der Waals surface area contributed by atoms with Crippen LogP contribution in [0.1, 0.15) is 44.9 Å². The summed E-state index contributed by atoms with van der Waals surface area (Å²) in [7, 11) is 0. The number of carbonyl (C=O) groups excluding carboxylic acids is 2. The molecule has 9 fully saturated rings. The Bertz CT molecular complexity index is 852. The highest BCUT2D eigenvalue weighted by molar-refractivity contribution is 5.94. The molecule has 0 amide bonds. The van der Waals surface area contributed by atoms with E-state index >= 15 is 0 Å². The zero-order valence-electron chi connectivity index (χ0n) is 16.7. The van der Waals surface area contributed by atoms with Crippen LogP contribution in [0.2, 0.25) is 0 Å². The predicted octanol–water partition coefficient (Wildman–Crippen LogP) is 1.65. The molecule has 12 atom stereocenters. The lowest BCUT2D eigenvalue weighted by atomic mass is 9.60. The Hall–Kier alpha value is -0.980. The van der Waals surface area contributed by atoms with Gasteiger partial charge in [0.15, 0.2) is 5.79 Å². The van der Waals surface area contributed by atoms with Gasteiger partial charge in [0.2, 0.25) is 0 Å². The molecule has 1 spiro atoms. The fraction of sp³-hybridized carbons (Fsp3) is 0.913. The molecule has 1 saturated heterocycles. The summed E-state index contributed by atoms with van der Waals surface area (Å²) in [6, 6.07) is 0. The fourth-order valence-corrected chi connectivity index (χ4v) is 10.4. The van der Waals surface area contributed by atoms with Crippen LogP contribution in [0.4, 0.5) is 0 Å². The van der Waals surface area contributed by atoms with E-state index in [2.05, 4.69) is 0 Å². The Morgan fingerprint density at radius 2 is 2.00 bits per heavy atom. The largest absolute Gasteiger partial charge is 0.462 e. The van der Waals surface area contributed by atoms with Crippen molar-refractivity contribution in [3.8, 4) is 0 Å². The first-order valence-electron chi connectivity index (χ1n) is 11.7. The number of nitrogens with two attached hydrogens (primary N) is 1. The van der Waals surface area contributed by atoms with E-state index in [0.29, 0.717) is 42.0 Å². The van der Waals surface area contributed by atoms with E-state index in [4.69, 9.17) is 19.9 Å². The number of carbonyl (C=O) groups is 2. The number of ketones is 1. The average molecular weight is 399 g/mol. The highest BCUT2D eigenvalue weighted by Gasteiger charge is 2.78. The topological polar surface area (TPSA) is 87.9 Å². The van der Waals surface area contributed by atoms with Crippen LogP contribution in [0.15, 0.2) is 0 Å². The van der Waals surface area contributed by atoms with E-state index in [0.717, 1.165) is 38.5 Å². The normalized spacial score (nSPS) is 64.4. The van der Waals surface area contributed by atoms with Crippen LogP contribution in [0, 0.1) is 52.8 Å². The van der Waals surface area contributed by atoms with Gasteiger partial charge in [0.1, 0.15) is 18.5 Å². The van der Waals surface area contributed by atoms with Crippen molar-refractivity contribution in [3.63, 3.8) is 0 Å². The molecule has 156 valence electrons. The van der Waals surface area contributed by atoms with Gasteiger partial charge in [-0.3, -0.25) is 9.59 Å². The lowest BCUT2D eigenvalue weighted by molar-refractivity contribution is -0.237. The standard InChI is InChI=1S/C23H29NO5/c24-21-3-10-1-12(5-21)23(16(10)7-21)28-9-13(29-23)8-27-20(26)22-4-11-2-14-18(22)17(11)15(6-22)19(14)25/h10-18H,1-9,24H2. The van der Waals surface area contributed by atoms with Crippen molar-refractivity contribution in [3.05, 3.63) is 0 Å². The maximum atomic E-state index is 13.2. The molecule has 0 aromatic rings. The summed E-state index contributed by atoms with van der Waals surface area (Å²) >= 11 is 0. The predicted molar refractivity (Wildman–Crippen MR) is 99.1 cm³/mol. The molecule has 29 heavy (non-hydrogen) atoms. The molecule has 0 aromatic heterocycles. The molecule has 1 aliphatic heterocycles. The van der Waals surface area contributed by atoms with Crippen molar-refractivity contribution in [1.29, 1.82) is 0 Å². The Morgan fingerprint density at radius 3 is 2.79 bits per heavy atom. The number of hydrogen-bond donors (Lipinski definition) is 1. The molecule has 12 unspecified atom stereocenters. The molecule has 10 bridgehead atoms. The number of ether oxygens (including phenoxy) is 3. The van der Waals surface area contributed by atoms with E-state index in [9.17, 15) is 9.59 Å². The van der Waals surface area contributed by atoms with Gasteiger partial charge in [0, 0.05) is 29.2 Å². The van der Waals surface area contributed by atoms with Crippen LogP contribution in [0.25, 0.3) is 0 Å². The van der Waals surface area contributed by atoms with Gasteiger partial charge in [0.25, 0.3) is 0 Å². The molecule has 2 N–H and O–H groups in total. The number of hydrogen-bond acceptors (Lipinski definition) is 6. The summed E-state index contributed by atoms with van der Waals surface area (Å²) in [5.74, 6) is 2.95. The lowest BCUT2D eigenvalue weighted by Crippen LogP contribution is -2.53. The zero-order valence-corrected chi connectivity index (χ0v) is 16.7. The molecular weight excluding hydrogens is 370 g/mol. The minimum absolute atomic E-state index is 0.000982. The van der Waals surface area contributed by atoms with Crippen molar-refractivity contribution < 1.29 is 23.8 Å². The highest BCUT2D eigenvalue weighted by Crippen LogP contribution is 2.77. The second kappa shape index (κ2) is 4.76. The molecule has 9 aliphatic rings. The van der Waals surface area contributed by atoms with Crippen molar-refractivity contribution in [1.82, 2.24) is 0 Å². The second-order valence-corrected chi connectivity index (χ2v) is 11.9. The molecule has 8 saturated carbocycles. The molecule has 0 aromatic carbocycles. The third kappa shape index (κ3) is 1.69. The number of rotatable bonds is 3. The van der Waals surface area contributed by atoms with E-state index in [1.165, 1.54) is 6.42 Å². The van der Waals surface area contributed by atoms with Crippen LogP contribution in [0.3, 0.4) is 0 Å². The Balaban J connectivity index is 0.971. The van der Waals surface area contributed by atoms with Gasteiger partial charge in [-0.25, -0.2) is 0 Å². The van der Waals surface area contributed by atoms with Gasteiger partial charge in [0.05, 0.1) is 12.0 Å². The smallest absolute Gasteiger partial charge is 0.312 e. The monoisotopic (exact) mass is 399 g/mol. The maximum Gasteiger partial charge on any atom is 0.312 e. The first-order valence-corrected chi connectivity index (χ1v) is 11.7. The molecule has 6 nitrogen and oxygen atoms in total. The van der Waals surface area contributed by atoms with Gasteiger partial charge in [-0.05, 0) is 68.6 Å². The molecule has 1 heterocycles. The van der Waals surface area contributed by atoms with Gasteiger partial charge in [-0.1, -0.05) is 0 Å². The zero-order chi connectivity index (χ0) is 19.3. The van der Waals surface area contributed by atoms with Crippen molar-refractivity contribution in [2.45, 2.75) is 62.4 Å². The summed E-state index contributed by atoms with van der Waals surface area (Å²) in [5, 5.41) is 0. The molecule has 9 rings (SSSR count). The minimum Gasteiger partial charge on any atom is -0.462 e. The van der Waals surface area contributed by atoms with Crippen molar-refractivity contribution in [2.24, 2.45) is 58.5 Å². The van der Waals surface area contributed by atoms with Gasteiger partial charge in [-0.2, -0.15) is 0 Å². The molecule has 6 heteroatoms. The van der Waals surface area contributed by atoms with Crippen LogP contribution in [-0.4, -0.2) is 42.4 Å². The quantitative estimate of drug-likeness (QED) is 0.726. The summed E-state index contributed by atoms with van der Waals surface area (Å²) < 4.78 is 18.7.